The highest BCUT2D eigenvalue weighted by Gasteiger charge is 2.49. The van der Waals surface area contributed by atoms with Crippen molar-refractivity contribution in [3.05, 3.63) is 24.3 Å². The van der Waals surface area contributed by atoms with Crippen LogP contribution >= 0.6 is 0 Å². The van der Waals surface area contributed by atoms with Crippen molar-refractivity contribution >= 4 is 14.1 Å². The molecule has 2 aliphatic carbocycles. The van der Waals surface area contributed by atoms with E-state index >= 15 is 0 Å². The van der Waals surface area contributed by atoms with Crippen LogP contribution in [0.2, 0.25) is 19.6 Å². The lowest BCUT2D eigenvalue weighted by Gasteiger charge is -2.37. The molecular weight excluding hydrogens is 240 g/mol. The number of ketones is 1. The quantitative estimate of drug-likeness (QED) is 0.557. The number of rotatable bonds is 5. The van der Waals surface area contributed by atoms with Crippen molar-refractivity contribution in [1.82, 2.24) is 0 Å². The second-order valence-corrected chi connectivity index (χ2v) is 11.0. The normalized spacial score (nSPS) is 31.4. The molecule has 1 saturated carbocycles. The third kappa shape index (κ3) is 2.67. The molecule has 0 aromatic rings. The maximum absolute atomic E-state index is 11.6. The van der Waals surface area contributed by atoms with Crippen LogP contribution in [-0.2, 0) is 9.22 Å². The van der Waals surface area contributed by atoms with Crippen molar-refractivity contribution in [2.75, 3.05) is 0 Å². The minimum absolute atomic E-state index is 0.157. The summed E-state index contributed by atoms with van der Waals surface area (Å²) < 4.78 is 6.52. The van der Waals surface area contributed by atoms with Gasteiger partial charge in [-0.3, -0.25) is 4.79 Å². The Labute approximate surface area is 111 Å². The molecule has 0 aromatic carbocycles. The molecule has 2 nitrogen and oxygen atoms in total. The summed E-state index contributed by atoms with van der Waals surface area (Å²) in [5, 5.41) is 0. The van der Waals surface area contributed by atoms with Crippen LogP contribution in [0.25, 0.3) is 0 Å². The summed E-state index contributed by atoms with van der Waals surface area (Å²) in [6.07, 6.45) is 8.67. The van der Waals surface area contributed by atoms with Gasteiger partial charge in [0.05, 0.1) is 5.60 Å². The molecule has 2 rings (SSSR count). The monoisotopic (exact) mass is 264 g/mol. The van der Waals surface area contributed by atoms with Crippen LogP contribution in [0.1, 0.15) is 32.1 Å². The largest absolute Gasteiger partial charge is 0.408 e. The standard InChI is InChI=1S/C15H24O2Si/c1-5-6-8-15(17-18(2,3)4)9-7-12-10-13(16)11-14(12)15/h5,11-12H,1,6-10H2,2-4H3/t12-,15+/m0/s1. The van der Waals surface area contributed by atoms with E-state index in [1.807, 2.05) is 12.2 Å². The van der Waals surface area contributed by atoms with E-state index in [-0.39, 0.29) is 11.4 Å². The van der Waals surface area contributed by atoms with Crippen LogP contribution in [0.15, 0.2) is 24.3 Å². The van der Waals surface area contributed by atoms with E-state index in [1.54, 1.807) is 0 Å². The zero-order valence-corrected chi connectivity index (χ0v) is 12.8. The first kappa shape index (κ1) is 13.8. The van der Waals surface area contributed by atoms with Gasteiger partial charge in [0.1, 0.15) is 0 Å². The molecular formula is C15H24O2Si. The lowest BCUT2D eigenvalue weighted by molar-refractivity contribution is -0.114. The average molecular weight is 264 g/mol. The molecule has 0 saturated heterocycles. The van der Waals surface area contributed by atoms with E-state index < -0.39 is 8.32 Å². The fourth-order valence-electron chi connectivity index (χ4n) is 3.37. The Hall–Kier alpha value is -0.673. The highest BCUT2D eigenvalue weighted by atomic mass is 28.4. The van der Waals surface area contributed by atoms with Gasteiger partial charge < -0.3 is 4.43 Å². The van der Waals surface area contributed by atoms with Crippen LogP contribution in [0.3, 0.4) is 0 Å². The zero-order valence-electron chi connectivity index (χ0n) is 11.8. The first-order valence-corrected chi connectivity index (χ1v) is 10.3. The van der Waals surface area contributed by atoms with Gasteiger partial charge in [-0.05, 0) is 62.9 Å². The van der Waals surface area contributed by atoms with Gasteiger partial charge in [-0.2, -0.15) is 0 Å². The van der Waals surface area contributed by atoms with E-state index in [4.69, 9.17) is 4.43 Å². The van der Waals surface area contributed by atoms with Gasteiger partial charge in [0.15, 0.2) is 14.1 Å². The van der Waals surface area contributed by atoms with Crippen LogP contribution in [0.5, 0.6) is 0 Å². The van der Waals surface area contributed by atoms with E-state index in [9.17, 15) is 4.79 Å². The number of allylic oxidation sites excluding steroid dienone is 2. The predicted molar refractivity (Wildman–Crippen MR) is 77.0 cm³/mol. The summed E-state index contributed by atoms with van der Waals surface area (Å²) >= 11 is 0. The topological polar surface area (TPSA) is 26.3 Å². The van der Waals surface area contributed by atoms with E-state index in [0.29, 0.717) is 12.3 Å². The van der Waals surface area contributed by atoms with Gasteiger partial charge in [-0.1, -0.05) is 6.08 Å². The molecule has 0 aromatic heterocycles. The van der Waals surface area contributed by atoms with E-state index in [0.717, 1.165) is 25.7 Å². The molecule has 2 atom stereocenters. The van der Waals surface area contributed by atoms with Crippen molar-refractivity contribution < 1.29 is 9.22 Å². The Morgan fingerprint density at radius 2 is 2.28 bits per heavy atom. The Morgan fingerprint density at radius 3 is 2.89 bits per heavy atom. The summed E-state index contributed by atoms with van der Waals surface area (Å²) in [7, 11) is -1.61. The third-order valence-electron chi connectivity index (χ3n) is 3.88. The third-order valence-corrected chi connectivity index (χ3v) is 4.88. The fraction of sp³-hybridized carbons (Fsp3) is 0.667. The number of hydrogen-bond acceptors (Lipinski definition) is 2. The van der Waals surface area contributed by atoms with Crippen molar-refractivity contribution in [3.8, 4) is 0 Å². The molecule has 2 aliphatic rings. The summed E-state index contributed by atoms with van der Waals surface area (Å²) in [6, 6.07) is 0. The number of fused-ring (bicyclic) bond motifs is 1. The molecule has 0 N–H and O–H groups in total. The Bertz CT molecular complexity index is 392. The molecule has 18 heavy (non-hydrogen) atoms. The van der Waals surface area contributed by atoms with Gasteiger partial charge in [-0.25, -0.2) is 0 Å². The molecule has 0 heterocycles. The SMILES string of the molecule is C=CCC[C@@]1(O[Si](C)(C)C)CC[C@H]2CC(=O)C=C21. The van der Waals surface area contributed by atoms with Crippen molar-refractivity contribution in [2.45, 2.75) is 57.3 Å². The number of hydrogen-bond donors (Lipinski definition) is 0. The molecule has 0 amide bonds. The molecule has 0 radical (unpaired) electrons. The van der Waals surface area contributed by atoms with Crippen molar-refractivity contribution in [1.29, 1.82) is 0 Å². The first-order chi connectivity index (χ1) is 8.36. The fourth-order valence-corrected chi connectivity index (χ4v) is 4.86. The smallest absolute Gasteiger partial charge is 0.184 e. The lowest BCUT2D eigenvalue weighted by atomic mass is 9.90. The van der Waals surface area contributed by atoms with Crippen LogP contribution < -0.4 is 0 Å². The Kier molecular flexibility index (Phi) is 3.65. The van der Waals surface area contributed by atoms with Crippen LogP contribution in [0.4, 0.5) is 0 Å². The zero-order chi connectivity index (χ0) is 13.4. The molecule has 0 aliphatic heterocycles. The second kappa shape index (κ2) is 4.78. The maximum Gasteiger partial charge on any atom is 0.184 e. The van der Waals surface area contributed by atoms with Gasteiger partial charge >= 0.3 is 0 Å². The van der Waals surface area contributed by atoms with Gasteiger partial charge in [0, 0.05) is 6.42 Å². The van der Waals surface area contributed by atoms with Gasteiger partial charge in [-0.15, -0.1) is 6.58 Å². The lowest BCUT2D eigenvalue weighted by Crippen LogP contribution is -2.42. The maximum atomic E-state index is 11.6. The Morgan fingerprint density at radius 1 is 1.56 bits per heavy atom. The highest BCUT2D eigenvalue weighted by Crippen LogP contribution is 2.50. The molecule has 100 valence electrons. The Balaban J connectivity index is 2.28. The van der Waals surface area contributed by atoms with Crippen molar-refractivity contribution in [3.63, 3.8) is 0 Å². The van der Waals surface area contributed by atoms with Gasteiger partial charge in [0.2, 0.25) is 0 Å². The molecule has 0 bridgehead atoms. The minimum atomic E-state index is -1.61. The summed E-state index contributed by atoms with van der Waals surface area (Å²) in [4.78, 5) is 11.6. The first-order valence-electron chi connectivity index (χ1n) is 6.92. The predicted octanol–water partition coefficient (Wildman–Crippen LogP) is 3.85. The molecule has 1 fully saturated rings. The highest BCUT2D eigenvalue weighted by molar-refractivity contribution is 6.69. The molecule has 3 heteroatoms. The van der Waals surface area contributed by atoms with Crippen LogP contribution in [-0.4, -0.2) is 19.7 Å². The second-order valence-electron chi connectivity index (χ2n) is 6.54. The molecule has 0 spiro atoms. The summed E-state index contributed by atoms with van der Waals surface area (Å²) in [5.74, 6) is 0.746. The van der Waals surface area contributed by atoms with Crippen molar-refractivity contribution in [2.24, 2.45) is 5.92 Å². The van der Waals surface area contributed by atoms with Crippen LogP contribution in [0, 0.1) is 5.92 Å². The molecule has 0 unspecified atom stereocenters. The van der Waals surface area contributed by atoms with E-state index in [1.165, 1.54) is 5.57 Å². The van der Waals surface area contributed by atoms with E-state index in [2.05, 4.69) is 26.2 Å². The summed E-state index contributed by atoms with van der Waals surface area (Å²) in [6.45, 7) is 10.5. The summed E-state index contributed by atoms with van der Waals surface area (Å²) in [5.41, 5.74) is 1.13. The number of carbonyl (C=O) groups is 1. The minimum Gasteiger partial charge on any atom is -0.408 e. The number of carbonyl (C=O) groups excluding carboxylic acids is 1. The average Bonchev–Trinajstić information content (AvgIpc) is 2.74. The van der Waals surface area contributed by atoms with Gasteiger partial charge in [0.25, 0.3) is 0 Å².